The summed E-state index contributed by atoms with van der Waals surface area (Å²) in [7, 11) is 0. The molecule has 2 aromatic rings. The summed E-state index contributed by atoms with van der Waals surface area (Å²) >= 11 is 0. The lowest BCUT2D eigenvalue weighted by atomic mass is 10.0. The third-order valence-corrected chi connectivity index (χ3v) is 5.58. The van der Waals surface area contributed by atoms with Crippen molar-refractivity contribution in [1.29, 1.82) is 0 Å². The molecule has 1 heterocycles. The summed E-state index contributed by atoms with van der Waals surface area (Å²) in [6.45, 7) is 2.19. The molecule has 0 radical (unpaired) electrons. The highest BCUT2D eigenvalue weighted by molar-refractivity contribution is 6.38. The second-order valence-corrected chi connectivity index (χ2v) is 9.19. The average Bonchev–Trinajstić information content (AvgIpc) is 3.65. The van der Waals surface area contributed by atoms with E-state index in [2.05, 4.69) is 20.9 Å². The van der Waals surface area contributed by atoms with Crippen LogP contribution in [0.5, 0.6) is 0 Å². The van der Waals surface area contributed by atoms with Crippen molar-refractivity contribution in [3.05, 3.63) is 58.8 Å². The SMILES string of the molecule is Cc1cnc(NC(=O)c2cccc(C(F)(F)F)c2)c(C(=O)N[C@@H](CCC(C)(F)F)C(=O)C(=O)NC2CC2)c1. The summed E-state index contributed by atoms with van der Waals surface area (Å²) in [4.78, 5) is 54.6. The third kappa shape index (κ3) is 8.05. The van der Waals surface area contributed by atoms with E-state index in [0.29, 0.717) is 31.4 Å². The Hall–Kier alpha value is -3.90. The van der Waals surface area contributed by atoms with Crippen LogP contribution < -0.4 is 16.0 Å². The fraction of sp³-hybridized carbons (Fsp3) is 0.400. The van der Waals surface area contributed by atoms with Crippen LogP contribution in [0.4, 0.5) is 27.8 Å². The number of Topliss-reactive ketones (excluding diaryl/α,β-unsaturated/α-hetero) is 1. The molecule has 3 rings (SSSR count). The molecule has 1 atom stereocenters. The van der Waals surface area contributed by atoms with Gasteiger partial charge in [-0.3, -0.25) is 19.2 Å². The second kappa shape index (κ2) is 11.2. The first kappa shape index (κ1) is 28.7. The van der Waals surface area contributed by atoms with Crippen LogP contribution in [-0.2, 0) is 15.8 Å². The number of hydrogen-bond donors (Lipinski definition) is 3. The van der Waals surface area contributed by atoms with E-state index >= 15 is 0 Å². The van der Waals surface area contributed by atoms with Crippen LogP contribution in [0.25, 0.3) is 0 Å². The van der Waals surface area contributed by atoms with E-state index in [-0.39, 0.29) is 23.0 Å². The molecule has 0 unspecified atom stereocenters. The lowest BCUT2D eigenvalue weighted by Gasteiger charge is -2.20. The number of carbonyl (C=O) groups excluding carboxylic acids is 4. The zero-order valence-electron chi connectivity index (χ0n) is 20.4. The fourth-order valence-corrected chi connectivity index (χ4v) is 3.40. The minimum absolute atomic E-state index is 0.186. The van der Waals surface area contributed by atoms with Gasteiger partial charge in [-0.2, -0.15) is 13.2 Å². The Kier molecular flexibility index (Phi) is 8.48. The summed E-state index contributed by atoms with van der Waals surface area (Å²) in [6.07, 6.45) is -3.41. The van der Waals surface area contributed by atoms with E-state index in [1.165, 1.54) is 12.3 Å². The number of rotatable bonds is 10. The molecule has 204 valence electrons. The maximum Gasteiger partial charge on any atom is 0.416 e. The number of halogens is 5. The zero-order chi connectivity index (χ0) is 28.3. The van der Waals surface area contributed by atoms with Crippen LogP contribution in [0.1, 0.15) is 64.4 Å². The number of alkyl halides is 5. The van der Waals surface area contributed by atoms with Crippen LogP contribution in [-0.4, -0.2) is 46.5 Å². The van der Waals surface area contributed by atoms with Crippen molar-refractivity contribution in [2.24, 2.45) is 0 Å². The quantitative estimate of drug-likeness (QED) is 0.311. The highest BCUT2D eigenvalue weighted by Crippen LogP contribution is 2.30. The Morgan fingerprint density at radius 2 is 1.74 bits per heavy atom. The Labute approximate surface area is 214 Å². The maximum absolute atomic E-state index is 13.5. The predicted molar refractivity (Wildman–Crippen MR) is 126 cm³/mol. The molecule has 38 heavy (non-hydrogen) atoms. The number of nitrogens with zero attached hydrogens (tertiary/aromatic N) is 1. The van der Waals surface area contributed by atoms with Gasteiger partial charge in [-0.25, -0.2) is 13.8 Å². The van der Waals surface area contributed by atoms with Gasteiger partial charge in [-0.1, -0.05) is 6.07 Å². The summed E-state index contributed by atoms with van der Waals surface area (Å²) in [5, 5.41) is 6.98. The summed E-state index contributed by atoms with van der Waals surface area (Å²) in [5.74, 6) is -7.64. The van der Waals surface area contributed by atoms with Gasteiger partial charge >= 0.3 is 6.18 Å². The molecule has 1 aromatic heterocycles. The van der Waals surface area contributed by atoms with Gasteiger partial charge in [0, 0.05) is 24.2 Å². The number of aromatic nitrogens is 1. The number of ketones is 1. The first-order valence-electron chi connectivity index (χ1n) is 11.6. The molecule has 0 saturated heterocycles. The van der Waals surface area contributed by atoms with Gasteiger partial charge in [0.1, 0.15) is 5.82 Å². The van der Waals surface area contributed by atoms with E-state index in [0.717, 1.165) is 18.2 Å². The zero-order valence-corrected chi connectivity index (χ0v) is 20.4. The highest BCUT2D eigenvalue weighted by atomic mass is 19.4. The molecule has 13 heteroatoms. The van der Waals surface area contributed by atoms with Crippen LogP contribution >= 0.6 is 0 Å². The average molecular weight is 540 g/mol. The monoisotopic (exact) mass is 540 g/mol. The van der Waals surface area contributed by atoms with Gasteiger partial charge in [-0.15, -0.1) is 0 Å². The lowest BCUT2D eigenvalue weighted by Crippen LogP contribution is -2.48. The Bertz CT molecular complexity index is 1240. The van der Waals surface area contributed by atoms with Crippen LogP contribution in [0.3, 0.4) is 0 Å². The molecule has 3 N–H and O–H groups in total. The molecule has 0 bridgehead atoms. The van der Waals surface area contributed by atoms with Crippen molar-refractivity contribution in [1.82, 2.24) is 15.6 Å². The molecule has 1 aliphatic rings. The molecule has 1 saturated carbocycles. The van der Waals surface area contributed by atoms with Crippen molar-refractivity contribution < 1.29 is 41.1 Å². The Morgan fingerprint density at radius 1 is 1.05 bits per heavy atom. The van der Waals surface area contributed by atoms with Crippen molar-refractivity contribution in [2.45, 2.75) is 63.7 Å². The molecule has 3 amide bonds. The van der Waals surface area contributed by atoms with Crippen molar-refractivity contribution in [3.8, 4) is 0 Å². The number of benzene rings is 1. The van der Waals surface area contributed by atoms with E-state index in [9.17, 15) is 41.1 Å². The number of nitrogens with one attached hydrogen (secondary N) is 3. The molecule has 8 nitrogen and oxygen atoms in total. The van der Waals surface area contributed by atoms with E-state index in [1.807, 2.05) is 0 Å². The number of pyridine rings is 1. The number of aryl methyl sites for hydroxylation is 1. The molecule has 0 aliphatic heterocycles. The molecule has 1 aromatic carbocycles. The number of hydrogen-bond acceptors (Lipinski definition) is 5. The van der Waals surface area contributed by atoms with E-state index in [4.69, 9.17) is 0 Å². The molecule has 1 aliphatic carbocycles. The Morgan fingerprint density at radius 3 is 2.34 bits per heavy atom. The summed E-state index contributed by atoms with van der Waals surface area (Å²) < 4.78 is 66.1. The molecular weight excluding hydrogens is 515 g/mol. The summed E-state index contributed by atoms with van der Waals surface area (Å²) in [5.41, 5.74) is -1.25. The summed E-state index contributed by atoms with van der Waals surface area (Å²) in [6, 6.07) is 3.09. The minimum atomic E-state index is -4.69. The van der Waals surface area contributed by atoms with Crippen molar-refractivity contribution in [3.63, 3.8) is 0 Å². The molecule has 0 spiro atoms. The number of carbonyl (C=O) groups is 4. The van der Waals surface area contributed by atoms with E-state index in [1.54, 1.807) is 6.92 Å². The lowest BCUT2D eigenvalue weighted by molar-refractivity contribution is -0.139. The molecular formula is C25H25F5N4O4. The smallest absolute Gasteiger partial charge is 0.347 e. The fourth-order valence-electron chi connectivity index (χ4n) is 3.40. The van der Waals surface area contributed by atoms with Crippen LogP contribution in [0.15, 0.2) is 36.5 Å². The van der Waals surface area contributed by atoms with Gasteiger partial charge in [0.2, 0.25) is 11.7 Å². The van der Waals surface area contributed by atoms with Gasteiger partial charge < -0.3 is 16.0 Å². The van der Waals surface area contributed by atoms with Crippen LogP contribution in [0.2, 0.25) is 0 Å². The standard InChI is InChI=1S/C25H25F5N4O4/c1-13-10-17(20(31-12-13)34-21(36)14-4-3-5-15(11-14)25(28,29)30)22(37)33-18(8-9-24(2,26)27)19(35)23(38)32-16-6-7-16/h3-5,10-12,16,18H,6-9H2,1-2H3,(H,32,38)(H,33,37)(H,31,34,36)/t18-/m0/s1. The molecule has 1 fully saturated rings. The van der Waals surface area contributed by atoms with Gasteiger partial charge in [0.25, 0.3) is 17.7 Å². The number of amides is 3. The normalized spacial score (nSPS) is 14.4. The predicted octanol–water partition coefficient (Wildman–Crippen LogP) is 4.04. The first-order valence-corrected chi connectivity index (χ1v) is 11.6. The number of anilines is 1. The van der Waals surface area contributed by atoms with Crippen LogP contribution in [0, 0.1) is 6.92 Å². The first-order chi connectivity index (χ1) is 17.6. The third-order valence-electron chi connectivity index (χ3n) is 5.58. The topological polar surface area (TPSA) is 117 Å². The maximum atomic E-state index is 13.5. The minimum Gasteiger partial charge on any atom is -0.347 e. The van der Waals surface area contributed by atoms with Gasteiger partial charge in [0.05, 0.1) is 17.2 Å². The Balaban J connectivity index is 1.83. The largest absolute Gasteiger partial charge is 0.416 e. The van der Waals surface area contributed by atoms with Gasteiger partial charge in [0.15, 0.2) is 0 Å². The van der Waals surface area contributed by atoms with E-state index < -0.39 is 60.1 Å². The van der Waals surface area contributed by atoms with Crippen molar-refractivity contribution in [2.75, 3.05) is 5.32 Å². The second-order valence-electron chi connectivity index (χ2n) is 9.19. The van der Waals surface area contributed by atoms with Crippen molar-refractivity contribution >= 4 is 29.3 Å². The highest BCUT2D eigenvalue weighted by Gasteiger charge is 2.34. The van der Waals surface area contributed by atoms with Gasteiger partial charge in [-0.05, 0) is 62.9 Å².